The van der Waals surface area contributed by atoms with E-state index in [1.807, 2.05) is 16.4 Å². The average molecular weight is 651 g/mol. The zero-order chi connectivity index (χ0) is 32.7. The van der Waals surface area contributed by atoms with Gasteiger partial charge in [0.25, 0.3) is 0 Å². The van der Waals surface area contributed by atoms with Crippen molar-refractivity contribution in [3.8, 4) is 11.5 Å². The maximum atomic E-state index is 14.5. The van der Waals surface area contributed by atoms with Crippen LogP contribution < -0.4 is 9.47 Å². The first-order valence-corrected chi connectivity index (χ1v) is 14.4. The summed E-state index contributed by atoms with van der Waals surface area (Å²) in [5.74, 6) is -2.46. The minimum atomic E-state index is -4.76. The van der Waals surface area contributed by atoms with Crippen LogP contribution in [0.3, 0.4) is 0 Å². The molecule has 1 fully saturated rings. The van der Waals surface area contributed by atoms with E-state index in [0.717, 1.165) is 24.6 Å². The number of hydrogen-bond donors (Lipinski definition) is 1. The van der Waals surface area contributed by atoms with Crippen LogP contribution in [-0.4, -0.2) is 56.4 Å². The third-order valence-electron chi connectivity index (χ3n) is 8.26. The first-order chi connectivity index (χ1) is 21.9. The Kier molecular flexibility index (Phi) is 8.55. The summed E-state index contributed by atoms with van der Waals surface area (Å²) in [6, 6.07) is 7.85. The van der Waals surface area contributed by atoms with Crippen molar-refractivity contribution in [2.75, 3.05) is 13.2 Å². The third kappa shape index (κ3) is 6.47. The maximum Gasteiger partial charge on any atom is 0.419 e. The molecule has 0 saturated carbocycles. The van der Waals surface area contributed by atoms with E-state index in [9.17, 15) is 36.2 Å². The van der Waals surface area contributed by atoms with Gasteiger partial charge in [0.1, 0.15) is 35.3 Å². The van der Waals surface area contributed by atoms with Crippen LogP contribution in [0.25, 0.3) is 11.2 Å². The number of benzene rings is 2. The van der Waals surface area contributed by atoms with Crippen molar-refractivity contribution < 1.29 is 50.5 Å². The highest BCUT2D eigenvalue weighted by Crippen LogP contribution is 2.42. The number of hydrogen-bond acceptors (Lipinski definition) is 7. The predicted octanol–water partition coefficient (Wildman–Crippen LogP) is 6.38. The van der Waals surface area contributed by atoms with Gasteiger partial charge >= 0.3 is 18.8 Å². The number of carboxylic acids is 1. The molecule has 1 N–H and O–H groups in total. The van der Waals surface area contributed by atoms with E-state index in [4.69, 9.17) is 14.5 Å². The molecular formula is C31H28F6N4O5. The Labute approximate surface area is 258 Å². The lowest BCUT2D eigenvalue weighted by Gasteiger charge is -2.36. The van der Waals surface area contributed by atoms with Crippen molar-refractivity contribution in [3.63, 3.8) is 0 Å². The molecule has 15 heteroatoms. The summed E-state index contributed by atoms with van der Waals surface area (Å²) in [5.41, 5.74) is 0.723. The zero-order valence-corrected chi connectivity index (χ0v) is 24.4. The summed E-state index contributed by atoms with van der Waals surface area (Å²) in [7, 11) is 0. The van der Waals surface area contributed by atoms with Gasteiger partial charge in [-0.15, -0.1) is 0 Å². The Hall–Kier alpha value is -4.37. The van der Waals surface area contributed by atoms with Gasteiger partial charge in [0.05, 0.1) is 24.8 Å². The highest BCUT2D eigenvalue weighted by atomic mass is 19.4. The fourth-order valence-electron chi connectivity index (χ4n) is 5.73. The van der Waals surface area contributed by atoms with Crippen molar-refractivity contribution in [2.45, 2.75) is 64.4 Å². The fourth-order valence-corrected chi connectivity index (χ4v) is 5.73. The number of pyridine rings is 1. The number of rotatable bonds is 10. The van der Waals surface area contributed by atoms with Crippen LogP contribution in [-0.2, 0) is 37.0 Å². The van der Waals surface area contributed by atoms with Gasteiger partial charge in [-0.3, -0.25) is 4.90 Å². The summed E-state index contributed by atoms with van der Waals surface area (Å²) in [4.78, 5) is 22.6. The summed E-state index contributed by atoms with van der Waals surface area (Å²) < 4.78 is 98.9. The normalized spacial score (nSPS) is 18.4. The molecule has 2 atom stereocenters. The number of fused-ring (bicyclic) bond motifs is 2. The monoisotopic (exact) mass is 650 g/mol. The highest BCUT2D eigenvalue weighted by molar-refractivity contribution is 5.88. The van der Waals surface area contributed by atoms with Crippen molar-refractivity contribution in [3.05, 3.63) is 82.1 Å². The Morgan fingerprint density at radius 2 is 1.93 bits per heavy atom. The third-order valence-corrected chi connectivity index (χ3v) is 8.26. The van der Waals surface area contributed by atoms with Crippen LogP contribution >= 0.6 is 0 Å². The van der Waals surface area contributed by atoms with Gasteiger partial charge in [-0.25, -0.2) is 19.2 Å². The smallest absolute Gasteiger partial charge is 0.419 e. The summed E-state index contributed by atoms with van der Waals surface area (Å²) in [6.07, 6.45) is -3.71. The summed E-state index contributed by atoms with van der Waals surface area (Å²) in [5, 5.41) is 9.46. The van der Waals surface area contributed by atoms with Crippen LogP contribution in [0.15, 0.2) is 42.5 Å². The quantitative estimate of drug-likeness (QED) is 0.198. The number of carbonyl (C=O) groups is 1. The molecule has 0 bridgehead atoms. The molecule has 2 aliphatic heterocycles. The number of aromatic carboxylic acids is 1. The average Bonchev–Trinajstić information content (AvgIpc) is 3.30. The molecule has 2 aromatic carbocycles. The minimum absolute atomic E-state index is 0.0793. The van der Waals surface area contributed by atoms with Crippen molar-refractivity contribution in [2.24, 2.45) is 0 Å². The number of aromatic nitrogens is 3. The van der Waals surface area contributed by atoms with Gasteiger partial charge in [-0.2, -0.15) is 22.0 Å². The van der Waals surface area contributed by atoms with E-state index in [1.54, 1.807) is 6.07 Å². The number of ether oxygens (including phenoxy) is 3. The first kappa shape index (κ1) is 31.6. The predicted molar refractivity (Wildman–Crippen MR) is 150 cm³/mol. The van der Waals surface area contributed by atoms with Gasteiger partial charge in [-0.1, -0.05) is 0 Å². The first-order valence-electron chi connectivity index (χ1n) is 14.4. The molecule has 4 heterocycles. The zero-order valence-electron chi connectivity index (χ0n) is 24.4. The van der Waals surface area contributed by atoms with Gasteiger partial charge in [-0.05, 0) is 67.3 Å². The summed E-state index contributed by atoms with van der Waals surface area (Å²) in [6.45, 7) is -0.152. The molecule has 0 amide bonds. The molecule has 0 radical (unpaired) electrons. The van der Waals surface area contributed by atoms with E-state index < -0.39 is 48.2 Å². The second-order valence-corrected chi connectivity index (χ2v) is 11.1. The Morgan fingerprint density at radius 3 is 2.59 bits per heavy atom. The molecule has 6 rings (SSSR count). The van der Waals surface area contributed by atoms with E-state index in [0.29, 0.717) is 66.8 Å². The Bertz CT molecular complexity index is 1770. The number of nitrogens with zero attached hydrogens (tertiary/aromatic N) is 4. The number of alkyl halides is 5. The van der Waals surface area contributed by atoms with Gasteiger partial charge in [0.15, 0.2) is 11.3 Å². The van der Waals surface area contributed by atoms with Crippen LogP contribution in [0.1, 0.15) is 58.0 Å². The summed E-state index contributed by atoms with van der Waals surface area (Å²) >= 11 is 0. The SMILES string of the molecule is C[C@H]1c2cc(OCc3ccc(OC(F)F)cc3F)c(C(F)(F)F)cc2CCN1Cc1nc2ccc(C(=O)O)nc2n1C[C@@H]1CCO1. The van der Waals surface area contributed by atoms with E-state index in [1.165, 1.54) is 12.1 Å². The Morgan fingerprint density at radius 1 is 1.15 bits per heavy atom. The van der Waals surface area contributed by atoms with Crippen LogP contribution in [0, 0.1) is 5.82 Å². The molecule has 1 saturated heterocycles. The number of halogens is 6. The highest BCUT2D eigenvalue weighted by Gasteiger charge is 2.37. The Balaban J connectivity index is 1.28. The van der Waals surface area contributed by atoms with Gasteiger partial charge in [0.2, 0.25) is 0 Å². The van der Waals surface area contributed by atoms with Crippen molar-refractivity contribution in [1.29, 1.82) is 0 Å². The standard InChI is InChI=1S/C31H28F6N4O5/c1-16-21-12-26(45-15-18-2-3-19(11-23(18)32)46-30(33)34)22(31(35,36)37)10-17(21)6-8-40(16)14-27-38-24-4-5-25(29(42)43)39-28(24)41(27)13-20-7-9-44-20/h2-5,10-12,16,20,30H,6-9,13-15H2,1H3,(H,42,43)/t16-,20-/m0/s1. The minimum Gasteiger partial charge on any atom is -0.488 e. The van der Waals surface area contributed by atoms with Crippen molar-refractivity contribution in [1.82, 2.24) is 19.4 Å². The molecule has 0 unspecified atom stereocenters. The van der Waals surface area contributed by atoms with Crippen LogP contribution in [0.4, 0.5) is 26.3 Å². The van der Waals surface area contributed by atoms with Crippen LogP contribution in [0.5, 0.6) is 11.5 Å². The number of carboxylic acid groups (broad SMARTS) is 1. The lowest BCUT2D eigenvalue weighted by Crippen LogP contribution is -2.36. The van der Waals surface area contributed by atoms with E-state index in [2.05, 4.69) is 9.72 Å². The maximum absolute atomic E-state index is 14.5. The molecule has 4 aromatic rings. The lowest BCUT2D eigenvalue weighted by atomic mass is 9.91. The van der Waals surface area contributed by atoms with Crippen LogP contribution in [0.2, 0.25) is 0 Å². The van der Waals surface area contributed by atoms with E-state index in [-0.39, 0.29) is 23.4 Å². The van der Waals surface area contributed by atoms with E-state index >= 15 is 0 Å². The van der Waals surface area contributed by atoms with Gasteiger partial charge in [0, 0.05) is 30.8 Å². The molecule has 46 heavy (non-hydrogen) atoms. The molecule has 0 aliphatic carbocycles. The molecule has 2 aromatic heterocycles. The van der Waals surface area contributed by atoms with Crippen molar-refractivity contribution >= 4 is 17.1 Å². The van der Waals surface area contributed by atoms with Gasteiger partial charge < -0.3 is 23.9 Å². The lowest BCUT2D eigenvalue weighted by molar-refractivity contribution is -0.139. The molecule has 2 aliphatic rings. The molecule has 9 nitrogen and oxygen atoms in total. The molecular weight excluding hydrogens is 622 g/mol. The second-order valence-electron chi connectivity index (χ2n) is 11.1. The molecule has 0 spiro atoms. The largest absolute Gasteiger partial charge is 0.488 e. The fraction of sp³-hybridized carbons (Fsp3) is 0.387. The number of imidazole rings is 1. The molecule has 244 valence electrons. The second kappa shape index (κ2) is 12.4. The topological polar surface area (TPSA) is 98.9 Å².